The molecule has 0 N–H and O–H groups in total. The van der Waals surface area contributed by atoms with E-state index in [2.05, 4.69) is 22.9 Å². The van der Waals surface area contributed by atoms with E-state index in [1.807, 2.05) is 11.4 Å². The van der Waals surface area contributed by atoms with Gasteiger partial charge in [0.2, 0.25) is 0 Å². The fourth-order valence-electron chi connectivity index (χ4n) is 3.06. The molecule has 1 rings (SSSR count). The molecular formula is C21H35BrOS. The van der Waals surface area contributed by atoms with Crippen molar-refractivity contribution < 1.29 is 4.79 Å². The van der Waals surface area contributed by atoms with E-state index >= 15 is 0 Å². The number of unbranched alkanes of at least 4 members (excludes halogenated alkanes) is 13. The fraction of sp³-hybridized carbons (Fsp3) is 0.762. The van der Waals surface area contributed by atoms with Gasteiger partial charge in [-0.2, -0.15) is 0 Å². The largest absolute Gasteiger partial charge is 0.293 e. The minimum Gasteiger partial charge on any atom is -0.293 e. The molecule has 1 aromatic heterocycles. The molecular weight excluding hydrogens is 380 g/mol. The summed E-state index contributed by atoms with van der Waals surface area (Å²) in [5.41, 5.74) is 0. The SMILES string of the molecule is CCCCCCCCCCCCCCCCC(=O)c1cc(Br)cs1. The van der Waals surface area contributed by atoms with E-state index < -0.39 is 0 Å². The third-order valence-electron chi connectivity index (χ3n) is 4.60. The van der Waals surface area contributed by atoms with E-state index in [1.54, 1.807) is 11.3 Å². The first-order chi connectivity index (χ1) is 11.7. The highest BCUT2D eigenvalue weighted by Gasteiger charge is 2.07. The molecule has 0 saturated carbocycles. The van der Waals surface area contributed by atoms with Gasteiger partial charge in [0.15, 0.2) is 5.78 Å². The van der Waals surface area contributed by atoms with Crippen molar-refractivity contribution in [2.75, 3.05) is 0 Å². The Morgan fingerprint density at radius 2 is 1.29 bits per heavy atom. The second-order valence-corrected chi connectivity index (χ2v) is 8.73. The normalized spacial score (nSPS) is 11.1. The molecule has 3 heteroatoms. The molecule has 0 aliphatic rings. The predicted molar refractivity (Wildman–Crippen MR) is 111 cm³/mol. The Bertz CT molecular complexity index is 427. The van der Waals surface area contributed by atoms with Crippen LogP contribution in [0, 0.1) is 0 Å². The Hall–Kier alpha value is -0.150. The molecule has 1 heterocycles. The summed E-state index contributed by atoms with van der Waals surface area (Å²) in [4.78, 5) is 12.9. The monoisotopic (exact) mass is 414 g/mol. The van der Waals surface area contributed by atoms with Crippen LogP contribution in [0.2, 0.25) is 0 Å². The third kappa shape index (κ3) is 11.4. The topological polar surface area (TPSA) is 17.1 Å². The van der Waals surface area contributed by atoms with Crippen LogP contribution in [0.1, 0.15) is 113 Å². The van der Waals surface area contributed by atoms with Gasteiger partial charge in [-0.1, -0.05) is 90.4 Å². The summed E-state index contributed by atoms with van der Waals surface area (Å²) >= 11 is 4.95. The summed E-state index contributed by atoms with van der Waals surface area (Å²) in [5, 5.41) is 1.98. The zero-order valence-electron chi connectivity index (χ0n) is 15.5. The van der Waals surface area contributed by atoms with Gasteiger partial charge in [-0.15, -0.1) is 11.3 Å². The number of hydrogen-bond donors (Lipinski definition) is 0. The van der Waals surface area contributed by atoms with Crippen LogP contribution in [0.4, 0.5) is 0 Å². The van der Waals surface area contributed by atoms with E-state index in [0.29, 0.717) is 12.2 Å². The second kappa shape index (κ2) is 15.1. The Labute approximate surface area is 161 Å². The Morgan fingerprint density at radius 3 is 1.71 bits per heavy atom. The van der Waals surface area contributed by atoms with Crippen LogP contribution in [0.5, 0.6) is 0 Å². The highest BCUT2D eigenvalue weighted by atomic mass is 79.9. The van der Waals surface area contributed by atoms with E-state index in [1.165, 1.54) is 83.5 Å². The Morgan fingerprint density at radius 1 is 0.833 bits per heavy atom. The van der Waals surface area contributed by atoms with Gasteiger partial charge in [0.1, 0.15) is 0 Å². The molecule has 0 aliphatic carbocycles. The first-order valence-electron chi connectivity index (χ1n) is 10.0. The molecule has 0 bridgehead atoms. The van der Waals surface area contributed by atoms with Crippen molar-refractivity contribution in [2.45, 2.75) is 103 Å². The van der Waals surface area contributed by atoms with E-state index in [0.717, 1.165) is 15.8 Å². The van der Waals surface area contributed by atoms with Gasteiger partial charge in [0.05, 0.1) is 4.88 Å². The molecule has 0 aromatic carbocycles. The van der Waals surface area contributed by atoms with Crippen LogP contribution < -0.4 is 0 Å². The molecule has 0 aliphatic heterocycles. The smallest absolute Gasteiger partial charge is 0.172 e. The van der Waals surface area contributed by atoms with Crippen LogP contribution in [-0.4, -0.2) is 5.78 Å². The first kappa shape index (κ1) is 21.9. The molecule has 138 valence electrons. The molecule has 1 nitrogen and oxygen atoms in total. The fourth-order valence-corrected chi connectivity index (χ4v) is 4.46. The van der Waals surface area contributed by atoms with Crippen molar-refractivity contribution in [2.24, 2.45) is 0 Å². The summed E-state index contributed by atoms with van der Waals surface area (Å²) in [6.45, 7) is 2.28. The Kier molecular flexibility index (Phi) is 13.8. The van der Waals surface area contributed by atoms with Gasteiger partial charge < -0.3 is 0 Å². The molecule has 0 amide bonds. The number of carbonyl (C=O) groups excluding carboxylic acids is 1. The molecule has 1 aromatic rings. The maximum Gasteiger partial charge on any atom is 0.172 e. The van der Waals surface area contributed by atoms with Crippen molar-refractivity contribution in [3.05, 3.63) is 20.8 Å². The molecule has 0 saturated heterocycles. The summed E-state index contributed by atoms with van der Waals surface area (Å²) in [7, 11) is 0. The number of thiophene rings is 1. The maximum atomic E-state index is 12.0. The zero-order chi connectivity index (χ0) is 17.5. The molecule has 0 spiro atoms. The van der Waals surface area contributed by atoms with Crippen molar-refractivity contribution in [1.82, 2.24) is 0 Å². The molecule has 0 fully saturated rings. The van der Waals surface area contributed by atoms with E-state index in [4.69, 9.17) is 0 Å². The lowest BCUT2D eigenvalue weighted by atomic mass is 10.0. The lowest BCUT2D eigenvalue weighted by molar-refractivity contribution is 0.0983. The molecule has 0 radical (unpaired) electrons. The summed E-state index contributed by atoms with van der Waals surface area (Å²) < 4.78 is 1.02. The van der Waals surface area contributed by atoms with Crippen molar-refractivity contribution >= 4 is 33.0 Å². The van der Waals surface area contributed by atoms with Gasteiger partial charge >= 0.3 is 0 Å². The number of Topliss-reactive ketones (excluding diaryl/α,β-unsaturated/α-hetero) is 1. The summed E-state index contributed by atoms with van der Waals surface area (Å²) in [6, 6.07) is 1.94. The first-order valence-corrected chi connectivity index (χ1v) is 11.7. The quantitative estimate of drug-likeness (QED) is 0.195. The van der Waals surface area contributed by atoms with Gasteiger partial charge in [0, 0.05) is 16.3 Å². The third-order valence-corrected chi connectivity index (χ3v) is 6.33. The minimum atomic E-state index is 0.310. The van der Waals surface area contributed by atoms with Gasteiger partial charge in [0.25, 0.3) is 0 Å². The lowest BCUT2D eigenvalue weighted by Crippen LogP contribution is -1.95. The van der Waals surface area contributed by atoms with Gasteiger partial charge in [-0.3, -0.25) is 4.79 Å². The average molecular weight is 415 g/mol. The number of halogens is 1. The Balaban J connectivity index is 1.80. The number of hydrogen-bond acceptors (Lipinski definition) is 2. The number of rotatable bonds is 16. The van der Waals surface area contributed by atoms with Crippen molar-refractivity contribution in [3.63, 3.8) is 0 Å². The van der Waals surface area contributed by atoms with Crippen molar-refractivity contribution in [3.8, 4) is 0 Å². The van der Waals surface area contributed by atoms with Crippen LogP contribution in [-0.2, 0) is 0 Å². The van der Waals surface area contributed by atoms with Crippen molar-refractivity contribution in [1.29, 1.82) is 0 Å². The minimum absolute atomic E-state index is 0.310. The lowest BCUT2D eigenvalue weighted by Gasteiger charge is -2.03. The van der Waals surface area contributed by atoms with E-state index in [-0.39, 0.29) is 0 Å². The standard InChI is InChI=1S/C21H35BrOS/c1-2-3-4-5-6-7-8-9-10-11-12-13-14-15-16-20(23)21-17-19(22)18-24-21/h17-18H,2-16H2,1H3. The van der Waals surface area contributed by atoms with Gasteiger partial charge in [-0.25, -0.2) is 0 Å². The second-order valence-electron chi connectivity index (χ2n) is 6.90. The van der Waals surface area contributed by atoms with Crippen LogP contribution in [0.3, 0.4) is 0 Å². The van der Waals surface area contributed by atoms with E-state index in [9.17, 15) is 4.79 Å². The van der Waals surface area contributed by atoms with Crippen LogP contribution in [0.25, 0.3) is 0 Å². The number of ketones is 1. The molecule has 0 unspecified atom stereocenters. The summed E-state index contributed by atoms with van der Waals surface area (Å²) in [5.74, 6) is 0.310. The predicted octanol–water partition coefficient (Wildman–Crippen LogP) is 8.56. The van der Waals surface area contributed by atoms with Crippen LogP contribution in [0.15, 0.2) is 15.9 Å². The van der Waals surface area contributed by atoms with Crippen LogP contribution >= 0.6 is 27.3 Å². The highest BCUT2D eigenvalue weighted by molar-refractivity contribution is 9.10. The highest BCUT2D eigenvalue weighted by Crippen LogP contribution is 2.22. The summed E-state index contributed by atoms with van der Waals surface area (Å²) in [6.07, 6.45) is 19.7. The van der Waals surface area contributed by atoms with Gasteiger partial charge in [-0.05, 0) is 28.4 Å². The maximum absolute atomic E-state index is 12.0. The molecule has 0 atom stereocenters. The number of carbonyl (C=O) groups is 1. The molecule has 24 heavy (non-hydrogen) atoms. The zero-order valence-corrected chi connectivity index (χ0v) is 17.9. The average Bonchev–Trinajstić information content (AvgIpc) is 3.01.